The van der Waals surface area contributed by atoms with Crippen LogP contribution in [-0.4, -0.2) is 27.2 Å². The topological polar surface area (TPSA) is 73.1 Å². The third-order valence-electron chi connectivity index (χ3n) is 5.41. The number of rotatable bonds is 1. The first-order chi connectivity index (χ1) is 15.7. The van der Waals surface area contributed by atoms with Crippen LogP contribution in [0.4, 0.5) is 0 Å². The van der Waals surface area contributed by atoms with E-state index in [4.69, 9.17) is 4.99 Å². The number of nitrogens with one attached hydrogen (secondary N) is 1. The highest BCUT2D eigenvalue weighted by atomic mass is 16.3. The van der Waals surface area contributed by atoms with E-state index in [0.717, 1.165) is 50.8 Å². The molecule has 5 heterocycles. The molecule has 0 atom stereocenters. The van der Waals surface area contributed by atoms with Gasteiger partial charge in [0.05, 0.1) is 39.6 Å². The summed E-state index contributed by atoms with van der Waals surface area (Å²) in [7, 11) is 0. The molecule has 5 heteroatoms. The summed E-state index contributed by atoms with van der Waals surface area (Å²) < 4.78 is 0. The van der Waals surface area contributed by atoms with Crippen molar-refractivity contribution in [2.24, 2.45) is 15.0 Å². The van der Waals surface area contributed by atoms with Crippen LogP contribution in [0.3, 0.4) is 0 Å². The second kappa shape index (κ2) is 7.32. The molecule has 2 N–H and O–H groups in total. The Morgan fingerprint density at radius 3 is 1.84 bits per heavy atom. The average Bonchev–Trinajstić information content (AvgIpc) is 3.59. The number of aromatic nitrogens is 1. The van der Waals surface area contributed by atoms with Crippen LogP contribution in [0.15, 0.2) is 117 Å². The summed E-state index contributed by atoms with van der Waals surface area (Å²) in [6.07, 6.45) is 19.6. The summed E-state index contributed by atoms with van der Waals surface area (Å²) >= 11 is 0. The molecule has 0 spiro atoms. The van der Waals surface area contributed by atoms with Gasteiger partial charge < -0.3 is 10.1 Å². The van der Waals surface area contributed by atoms with Gasteiger partial charge in [-0.25, -0.2) is 15.0 Å². The first-order valence-corrected chi connectivity index (χ1v) is 10.3. The van der Waals surface area contributed by atoms with Crippen LogP contribution in [0.1, 0.15) is 11.3 Å². The van der Waals surface area contributed by atoms with Gasteiger partial charge in [0.1, 0.15) is 5.76 Å². The Morgan fingerprint density at radius 2 is 1.22 bits per heavy atom. The van der Waals surface area contributed by atoms with Gasteiger partial charge in [-0.3, -0.25) is 0 Å². The Hall–Kier alpha value is -4.51. The molecule has 6 rings (SSSR count). The lowest BCUT2D eigenvalue weighted by Crippen LogP contribution is -2.26. The summed E-state index contributed by atoms with van der Waals surface area (Å²) in [6, 6.07) is 11.5. The van der Waals surface area contributed by atoms with Crippen molar-refractivity contribution < 1.29 is 5.11 Å². The fraction of sp³-hybridized carbons (Fsp3) is 0. The van der Waals surface area contributed by atoms with Gasteiger partial charge in [0.25, 0.3) is 0 Å². The van der Waals surface area contributed by atoms with Gasteiger partial charge in [-0.1, -0.05) is 30.3 Å². The van der Waals surface area contributed by atoms with Gasteiger partial charge in [-0.05, 0) is 66.8 Å². The molecule has 2 aromatic rings. The average molecular weight is 414 g/mol. The van der Waals surface area contributed by atoms with Crippen molar-refractivity contribution in [2.75, 3.05) is 0 Å². The highest BCUT2D eigenvalue weighted by Gasteiger charge is 2.11. The Labute approximate surface area is 184 Å². The molecule has 152 valence electrons. The lowest BCUT2D eigenvalue weighted by atomic mass is 10.1. The number of fused-ring (bicyclic) bond motifs is 5. The van der Waals surface area contributed by atoms with E-state index < -0.39 is 0 Å². The molecule has 1 aromatic carbocycles. The van der Waals surface area contributed by atoms with Crippen molar-refractivity contribution in [2.45, 2.75) is 0 Å². The van der Waals surface area contributed by atoms with E-state index in [2.05, 4.69) is 15.0 Å². The van der Waals surface area contributed by atoms with E-state index >= 15 is 0 Å². The second-order valence-electron chi connectivity index (χ2n) is 7.73. The molecule has 4 aliphatic heterocycles. The van der Waals surface area contributed by atoms with E-state index in [1.165, 1.54) is 0 Å². The van der Waals surface area contributed by atoms with Crippen molar-refractivity contribution in [1.29, 1.82) is 0 Å². The number of aliphatic hydroxyl groups is 1. The van der Waals surface area contributed by atoms with Crippen LogP contribution < -0.4 is 10.6 Å². The smallest absolute Gasteiger partial charge is 0.132 e. The summed E-state index contributed by atoms with van der Waals surface area (Å²) in [4.78, 5) is 17.4. The molecule has 8 bridgehead atoms. The van der Waals surface area contributed by atoms with E-state index in [-0.39, 0.29) is 5.76 Å². The number of nitrogens with zero attached hydrogens (tertiary/aromatic N) is 3. The van der Waals surface area contributed by atoms with Gasteiger partial charge >= 0.3 is 0 Å². The zero-order chi connectivity index (χ0) is 21.5. The number of aromatic amines is 1. The Balaban J connectivity index is 1.59. The summed E-state index contributed by atoms with van der Waals surface area (Å²) in [5.41, 5.74) is 6.61. The molecule has 0 amide bonds. The zero-order valence-electron chi connectivity index (χ0n) is 17.0. The summed E-state index contributed by atoms with van der Waals surface area (Å²) in [5.74, 6) is 0.210. The number of hydrogen-bond donors (Lipinski definition) is 2. The molecular weight excluding hydrogens is 396 g/mol. The minimum absolute atomic E-state index is 0.210. The summed E-state index contributed by atoms with van der Waals surface area (Å²) in [5, 5.41) is 12.5. The lowest BCUT2D eigenvalue weighted by molar-refractivity contribution is 0.507. The molecule has 1 aromatic heterocycles. The van der Waals surface area contributed by atoms with Crippen molar-refractivity contribution in [3.05, 3.63) is 124 Å². The number of aliphatic imine (C=N–C) groups is 3. The lowest BCUT2D eigenvalue weighted by Gasteiger charge is -1.98. The molecular formula is C27H18N4O. The van der Waals surface area contributed by atoms with Crippen molar-refractivity contribution in [3.8, 4) is 0 Å². The SMILES string of the molecule is O/C(c1ccccc1)=c1/cc2[nH]c1=CC1=NC(=CC3=NC(=CC4=NC(=C2)C=C4)C=C3)C=C1. The molecule has 32 heavy (non-hydrogen) atoms. The van der Waals surface area contributed by atoms with Crippen molar-refractivity contribution in [3.63, 3.8) is 0 Å². The first kappa shape index (κ1) is 18.3. The monoisotopic (exact) mass is 414 g/mol. The van der Waals surface area contributed by atoms with E-state index in [1.54, 1.807) is 0 Å². The van der Waals surface area contributed by atoms with Crippen LogP contribution in [0, 0.1) is 0 Å². The molecule has 5 nitrogen and oxygen atoms in total. The highest BCUT2D eigenvalue weighted by molar-refractivity contribution is 6.20. The van der Waals surface area contributed by atoms with Gasteiger partial charge in [0.15, 0.2) is 0 Å². The normalized spacial score (nSPS) is 19.0. The number of aliphatic hydroxyl groups excluding tert-OH is 1. The number of H-pyrrole nitrogens is 1. The molecule has 0 saturated heterocycles. The minimum Gasteiger partial charge on any atom is -0.507 e. The number of allylic oxidation sites excluding steroid dienone is 8. The predicted molar refractivity (Wildman–Crippen MR) is 130 cm³/mol. The van der Waals surface area contributed by atoms with Crippen molar-refractivity contribution >= 4 is 35.0 Å². The van der Waals surface area contributed by atoms with Crippen LogP contribution in [0.25, 0.3) is 17.9 Å². The molecule has 0 radical (unpaired) electrons. The third kappa shape index (κ3) is 3.46. The maximum absolute atomic E-state index is 11.0. The maximum atomic E-state index is 11.0. The molecule has 0 unspecified atom stereocenters. The number of benzene rings is 1. The maximum Gasteiger partial charge on any atom is 0.132 e. The van der Waals surface area contributed by atoms with Gasteiger partial charge in [-0.15, -0.1) is 0 Å². The fourth-order valence-electron chi connectivity index (χ4n) is 3.91. The van der Waals surface area contributed by atoms with Gasteiger partial charge in [0, 0.05) is 16.5 Å². The Morgan fingerprint density at radius 1 is 0.656 bits per heavy atom. The van der Waals surface area contributed by atoms with Gasteiger partial charge in [0.2, 0.25) is 0 Å². The highest BCUT2D eigenvalue weighted by Crippen LogP contribution is 2.18. The van der Waals surface area contributed by atoms with E-state index in [0.29, 0.717) is 5.22 Å². The number of hydrogen-bond acceptors (Lipinski definition) is 4. The Kier molecular flexibility index (Phi) is 4.18. The van der Waals surface area contributed by atoms with Crippen LogP contribution >= 0.6 is 0 Å². The summed E-state index contributed by atoms with van der Waals surface area (Å²) in [6.45, 7) is 0. The molecule has 4 aliphatic rings. The quantitative estimate of drug-likeness (QED) is 0.734. The van der Waals surface area contributed by atoms with Crippen molar-refractivity contribution in [1.82, 2.24) is 4.98 Å². The predicted octanol–water partition coefficient (Wildman–Crippen LogP) is 3.66. The minimum atomic E-state index is 0.210. The van der Waals surface area contributed by atoms with Crippen LogP contribution in [0.2, 0.25) is 0 Å². The standard InChI is InChI=1S/C27H18N4O/c32-27(17-4-2-1-3-5-17)25-15-24-14-22-9-8-20(29-22)12-18-6-7-19(28-18)13-21-10-11-23(30-21)16-26(25)31-24/h1-16,31-32H/b18-12?,21-13?,22-14?,26-16?,27-25-. The van der Waals surface area contributed by atoms with E-state index in [9.17, 15) is 5.11 Å². The van der Waals surface area contributed by atoms with Gasteiger partial charge in [-0.2, -0.15) is 0 Å². The van der Waals surface area contributed by atoms with Crippen LogP contribution in [0.5, 0.6) is 0 Å². The van der Waals surface area contributed by atoms with Crippen LogP contribution in [-0.2, 0) is 0 Å². The second-order valence-corrected chi connectivity index (χ2v) is 7.73. The fourth-order valence-corrected chi connectivity index (χ4v) is 3.91. The zero-order valence-corrected chi connectivity index (χ0v) is 17.0. The van der Waals surface area contributed by atoms with E-state index in [1.807, 2.05) is 97.2 Å². The molecule has 0 aliphatic carbocycles. The molecule has 0 saturated carbocycles. The molecule has 0 fully saturated rings. The third-order valence-corrected chi connectivity index (χ3v) is 5.41. The first-order valence-electron chi connectivity index (χ1n) is 10.3. The largest absolute Gasteiger partial charge is 0.507 e. The Bertz CT molecular complexity index is 1550.